The summed E-state index contributed by atoms with van der Waals surface area (Å²) in [5, 5.41) is 4.04. The monoisotopic (exact) mass is 589 g/mol. The number of carbonyl (C=O) groups excluding carboxylic acids is 3. The number of pyridine rings is 1. The highest BCUT2D eigenvalue weighted by atomic mass is 35.5. The van der Waals surface area contributed by atoms with Crippen molar-refractivity contribution in [1.82, 2.24) is 20.4 Å². The van der Waals surface area contributed by atoms with Crippen LogP contribution in [-0.2, 0) is 14.4 Å². The Bertz CT molecular complexity index is 880. The Morgan fingerprint density at radius 3 is 2.24 bits per heavy atom. The van der Waals surface area contributed by atoms with E-state index >= 15 is 0 Å². The van der Waals surface area contributed by atoms with Crippen LogP contribution in [0, 0.1) is 5.92 Å². The van der Waals surface area contributed by atoms with Crippen molar-refractivity contribution in [1.29, 1.82) is 0 Å². The molecule has 192 valence electrons. The molecular formula is C20H30Cl3N5O3S3. The molecule has 0 saturated heterocycles. The number of hydrogen-bond donors (Lipinski definition) is 5. The van der Waals surface area contributed by atoms with Crippen molar-refractivity contribution in [3.8, 4) is 0 Å². The second-order valence-electron chi connectivity index (χ2n) is 7.85. The minimum atomic E-state index is -0.690. The summed E-state index contributed by atoms with van der Waals surface area (Å²) in [5.41, 5.74) is 2.47. The first kappa shape index (κ1) is 31.9. The van der Waals surface area contributed by atoms with Gasteiger partial charge in [-0.15, -0.1) is 11.8 Å². The van der Waals surface area contributed by atoms with E-state index in [9.17, 15) is 14.4 Å². The third-order valence-electron chi connectivity index (χ3n) is 4.75. The van der Waals surface area contributed by atoms with Crippen LogP contribution < -0.4 is 21.3 Å². The molecule has 0 amide bonds. The Hall–Kier alpha value is -0.0800. The predicted molar refractivity (Wildman–Crippen MR) is 145 cm³/mol. The third-order valence-corrected chi connectivity index (χ3v) is 8.25. The summed E-state index contributed by atoms with van der Waals surface area (Å²) in [4.78, 5) is 42.0. The molecule has 1 aromatic rings. The molecule has 0 bridgehead atoms. The number of rotatable bonds is 16. The number of nitrogens with zero attached hydrogens (tertiary/aromatic N) is 1. The summed E-state index contributed by atoms with van der Waals surface area (Å²) in [6.45, 7) is 5.43. The van der Waals surface area contributed by atoms with E-state index in [1.54, 1.807) is 13.2 Å². The van der Waals surface area contributed by atoms with Gasteiger partial charge in [-0.25, -0.2) is 15.1 Å². The molecule has 1 aromatic heterocycles. The van der Waals surface area contributed by atoms with Crippen LogP contribution in [0.4, 0.5) is 0 Å². The van der Waals surface area contributed by atoms with Crippen LogP contribution in [0.25, 0.3) is 0 Å². The topological polar surface area (TPSA) is 126 Å². The fourth-order valence-electron chi connectivity index (χ4n) is 2.73. The fraction of sp³-hybridized carbons (Fsp3) is 0.600. The van der Waals surface area contributed by atoms with Gasteiger partial charge in [0, 0.05) is 5.75 Å². The molecule has 0 spiro atoms. The zero-order valence-corrected chi connectivity index (χ0v) is 24.1. The first-order valence-electron chi connectivity index (χ1n) is 10.4. The molecule has 0 saturated carbocycles. The predicted octanol–water partition coefficient (Wildman–Crippen LogP) is 3.61. The number of carbonyl (C=O) groups is 3. The van der Waals surface area contributed by atoms with Crippen molar-refractivity contribution in [2.75, 3.05) is 18.6 Å². The molecule has 8 nitrogen and oxygen atoms in total. The van der Waals surface area contributed by atoms with Gasteiger partial charge in [0.25, 0.3) is 0 Å². The number of halogens is 3. The molecule has 1 heterocycles. The lowest BCUT2D eigenvalue weighted by molar-refractivity contribution is -0.129. The molecule has 1 rings (SSSR count). The van der Waals surface area contributed by atoms with Crippen LogP contribution in [0.1, 0.15) is 33.6 Å². The number of Topliss-reactive ketones (excluding diaryl/α,β-unsaturated/α-hetero) is 3. The second-order valence-corrected chi connectivity index (χ2v) is 11.0. The average Bonchev–Trinajstić information content (AvgIpc) is 2.79. The summed E-state index contributed by atoms with van der Waals surface area (Å²) in [7, 11) is 0. The van der Waals surface area contributed by atoms with Gasteiger partial charge in [-0.2, -0.15) is 12.6 Å². The average molecular weight is 591 g/mol. The smallest absolute Gasteiger partial charge is 0.165 e. The Labute approximate surface area is 229 Å². The molecule has 0 fully saturated rings. The maximum absolute atomic E-state index is 12.7. The van der Waals surface area contributed by atoms with Crippen LogP contribution in [0.15, 0.2) is 9.92 Å². The number of ketones is 3. The van der Waals surface area contributed by atoms with Crippen molar-refractivity contribution in [3.05, 3.63) is 15.2 Å². The van der Waals surface area contributed by atoms with Gasteiger partial charge in [0.2, 0.25) is 0 Å². The lowest BCUT2D eigenvalue weighted by Gasteiger charge is -2.19. The molecule has 0 radical (unpaired) electrons. The van der Waals surface area contributed by atoms with Crippen LogP contribution >= 0.6 is 71.1 Å². The molecular weight excluding hydrogens is 561 g/mol. The Kier molecular flexibility index (Phi) is 14.9. The quantitative estimate of drug-likeness (QED) is 0.0371. The van der Waals surface area contributed by atoms with E-state index in [0.29, 0.717) is 16.3 Å². The normalized spacial score (nSPS) is 14.2. The zero-order chi connectivity index (χ0) is 26.0. The van der Waals surface area contributed by atoms with E-state index in [1.165, 1.54) is 11.8 Å². The highest BCUT2D eigenvalue weighted by Gasteiger charge is 2.25. The molecule has 14 heteroatoms. The van der Waals surface area contributed by atoms with Crippen molar-refractivity contribution >= 4 is 88.5 Å². The summed E-state index contributed by atoms with van der Waals surface area (Å²) in [5.74, 6) is 5.05. The molecule has 3 atom stereocenters. The summed E-state index contributed by atoms with van der Waals surface area (Å²) < 4.78 is 2.97. The third kappa shape index (κ3) is 9.76. The van der Waals surface area contributed by atoms with Crippen LogP contribution in [0.5, 0.6) is 0 Å². The molecule has 0 unspecified atom stereocenters. The van der Waals surface area contributed by atoms with E-state index in [0.717, 1.165) is 11.9 Å². The van der Waals surface area contributed by atoms with Crippen LogP contribution in [-0.4, -0.2) is 59.0 Å². The van der Waals surface area contributed by atoms with Crippen LogP contribution in [0.3, 0.4) is 0 Å². The van der Waals surface area contributed by atoms with Gasteiger partial charge < -0.3 is 5.32 Å². The number of aromatic nitrogens is 1. The minimum Gasteiger partial charge on any atom is -0.301 e. The van der Waals surface area contributed by atoms with Gasteiger partial charge >= 0.3 is 0 Å². The first-order valence-corrected chi connectivity index (χ1v) is 14.2. The lowest BCUT2D eigenvalue weighted by atomic mass is 9.96. The molecule has 0 aliphatic rings. The van der Waals surface area contributed by atoms with Gasteiger partial charge in [-0.05, 0) is 37.5 Å². The highest BCUT2D eigenvalue weighted by Crippen LogP contribution is 2.40. The van der Waals surface area contributed by atoms with E-state index < -0.39 is 18.1 Å². The molecule has 0 aromatic carbocycles. The first-order chi connectivity index (χ1) is 16.0. The van der Waals surface area contributed by atoms with Gasteiger partial charge in [0.05, 0.1) is 46.0 Å². The Balaban J connectivity index is 2.65. The summed E-state index contributed by atoms with van der Waals surface area (Å²) >= 11 is 25.3. The van der Waals surface area contributed by atoms with Crippen molar-refractivity contribution < 1.29 is 14.4 Å². The van der Waals surface area contributed by atoms with Gasteiger partial charge in [0.1, 0.15) is 10.2 Å². The van der Waals surface area contributed by atoms with E-state index in [2.05, 4.69) is 33.1 Å². The standard InChI is InChI=1S/C20H30Cl3N5O3S3/c1-9(2)5-11(27-24)14(30)6-13(29)10(3)25-7-15(31)12(8-32)28-34-18-16(21)17(22)20(33-4)26-19(18)23/h9-12,25,27-28,32H,5-8,24H2,1-4H3/t10-,11-,12-/m0/s1. The Morgan fingerprint density at radius 1 is 1.06 bits per heavy atom. The largest absolute Gasteiger partial charge is 0.301 e. The van der Waals surface area contributed by atoms with Crippen molar-refractivity contribution in [2.45, 2.75) is 61.7 Å². The summed E-state index contributed by atoms with van der Waals surface area (Å²) in [6, 6.07) is -1.95. The van der Waals surface area contributed by atoms with E-state index in [-0.39, 0.29) is 57.2 Å². The van der Waals surface area contributed by atoms with E-state index in [1.807, 2.05) is 13.8 Å². The van der Waals surface area contributed by atoms with Crippen molar-refractivity contribution in [2.24, 2.45) is 11.8 Å². The number of hydrazine groups is 1. The summed E-state index contributed by atoms with van der Waals surface area (Å²) in [6.07, 6.45) is 2.06. The number of nitrogens with one attached hydrogen (secondary N) is 3. The van der Waals surface area contributed by atoms with E-state index in [4.69, 9.17) is 40.6 Å². The number of hydrogen-bond acceptors (Lipinski definition) is 11. The molecule has 34 heavy (non-hydrogen) atoms. The fourth-order valence-corrected chi connectivity index (χ4v) is 5.58. The zero-order valence-electron chi connectivity index (χ0n) is 19.3. The van der Waals surface area contributed by atoms with Gasteiger partial charge in [-0.3, -0.25) is 20.2 Å². The highest BCUT2D eigenvalue weighted by molar-refractivity contribution is 7.98. The molecule has 5 N–H and O–H groups in total. The van der Waals surface area contributed by atoms with Crippen molar-refractivity contribution in [3.63, 3.8) is 0 Å². The maximum Gasteiger partial charge on any atom is 0.165 e. The lowest BCUT2D eigenvalue weighted by Crippen LogP contribution is -2.46. The maximum atomic E-state index is 12.7. The SMILES string of the molecule is CSc1nc(Cl)c(SN[C@@H](CS)C(=O)CN[C@@H](C)C(=O)CC(=O)[C@H](CC(C)C)NN)c(Cl)c1Cl. The number of thiol groups is 1. The minimum absolute atomic E-state index is 0.101. The number of thioether (sulfide) groups is 1. The number of nitrogens with two attached hydrogens (primary N) is 1. The molecule has 0 aliphatic carbocycles. The Morgan fingerprint density at radius 2 is 1.71 bits per heavy atom. The van der Waals surface area contributed by atoms with Crippen LogP contribution in [0.2, 0.25) is 15.2 Å². The van der Waals surface area contributed by atoms with Gasteiger partial charge in [0.15, 0.2) is 17.3 Å². The molecule has 0 aliphatic heterocycles. The second kappa shape index (κ2) is 15.9. The van der Waals surface area contributed by atoms with Gasteiger partial charge in [-0.1, -0.05) is 48.7 Å².